The molecule has 2 aromatic carbocycles. The van der Waals surface area contributed by atoms with E-state index in [9.17, 15) is 32.4 Å². The third-order valence-corrected chi connectivity index (χ3v) is 7.30. The van der Waals surface area contributed by atoms with Crippen molar-refractivity contribution >= 4 is 39.1 Å². The van der Waals surface area contributed by atoms with Crippen molar-refractivity contribution in [3.05, 3.63) is 106 Å². The summed E-state index contributed by atoms with van der Waals surface area (Å²) < 4.78 is 36.9. The van der Waals surface area contributed by atoms with Gasteiger partial charge in [-0.15, -0.1) is 0 Å². The van der Waals surface area contributed by atoms with E-state index < -0.39 is 50.7 Å². The van der Waals surface area contributed by atoms with Crippen LogP contribution in [0.1, 0.15) is 26.3 Å². The van der Waals surface area contributed by atoms with Crippen molar-refractivity contribution in [3.63, 3.8) is 0 Å². The van der Waals surface area contributed by atoms with Crippen LogP contribution in [0, 0.1) is 0 Å². The second-order valence-corrected chi connectivity index (χ2v) is 13.1. The van der Waals surface area contributed by atoms with E-state index in [1.54, 1.807) is 30.3 Å². The quantitative estimate of drug-likeness (QED) is 0.118. The summed E-state index contributed by atoms with van der Waals surface area (Å²) >= 11 is 0. The summed E-state index contributed by atoms with van der Waals surface area (Å²) in [5, 5.41) is 17.7. The van der Waals surface area contributed by atoms with Gasteiger partial charge in [-0.1, -0.05) is 26.8 Å². The molecule has 18 heteroatoms. The Hall–Kier alpha value is -5.46. The van der Waals surface area contributed by atoms with E-state index in [4.69, 9.17) is 19.2 Å². The number of aromatic amines is 4. The summed E-state index contributed by atoms with van der Waals surface area (Å²) in [4.78, 5) is 66.7. The Morgan fingerprint density at radius 3 is 2.06 bits per heavy atom. The van der Waals surface area contributed by atoms with E-state index in [0.29, 0.717) is 22.3 Å². The number of aromatic nitrogens is 4. The van der Waals surface area contributed by atoms with Gasteiger partial charge in [0.05, 0.1) is 35.3 Å². The first-order valence-electron chi connectivity index (χ1n) is 13.7. The molecule has 47 heavy (non-hydrogen) atoms. The molecule has 3 aromatic heterocycles. The number of rotatable bonds is 6. The Bertz CT molecular complexity index is 2380. The molecule has 0 aliphatic carbocycles. The van der Waals surface area contributed by atoms with Crippen LogP contribution in [-0.2, 0) is 15.4 Å². The molecule has 7 N–H and O–H groups in total. The summed E-state index contributed by atoms with van der Waals surface area (Å²) in [5.74, 6) is 0.659. The Morgan fingerprint density at radius 1 is 0.872 bits per heavy atom. The molecular formula is C29H30BN5O11S. The molecule has 0 bridgehead atoms. The molecule has 0 saturated carbocycles. The standard InChI is InChI=1S/C25H25N3O7S.C4H5BN2O4/c1-25(2,3)19-9-14(18-12-26-24(31)27-22(18)29)8-17(21(19)34-4)20-10-13-6-7-15(28-36(5,32)33)11-16(13)23(30)35-20;8-3-2(5(10)11)1-6-4(9)7-3/h6-12,28H,1-5H3,(H2,26,27,29,31);1,10-11H,(H2,6,7,8,9). The number of ether oxygens (including phenoxy) is 1. The van der Waals surface area contributed by atoms with Crippen molar-refractivity contribution in [2.75, 3.05) is 18.1 Å². The number of sulfonamides is 1. The summed E-state index contributed by atoms with van der Waals surface area (Å²) in [7, 11) is -3.89. The molecule has 3 heterocycles. The number of benzene rings is 2. The lowest BCUT2D eigenvalue weighted by Crippen LogP contribution is -2.45. The normalized spacial score (nSPS) is 11.5. The van der Waals surface area contributed by atoms with E-state index in [2.05, 4.69) is 19.7 Å². The van der Waals surface area contributed by atoms with Crippen molar-refractivity contribution in [2.24, 2.45) is 0 Å². The average Bonchev–Trinajstić information content (AvgIpc) is 2.95. The van der Waals surface area contributed by atoms with Gasteiger partial charge in [0.15, 0.2) is 0 Å². The molecule has 0 fully saturated rings. The van der Waals surface area contributed by atoms with Crippen LogP contribution in [0.2, 0.25) is 0 Å². The Morgan fingerprint density at radius 2 is 1.51 bits per heavy atom. The Kier molecular flexibility index (Phi) is 9.60. The number of nitrogens with one attached hydrogen (secondary N) is 5. The lowest BCUT2D eigenvalue weighted by atomic mass is 9.82. The fourth-order valence-corrected chi connectivity index (χ4v) is 5.13. The first-order valence-corrected chi connectivity index (χ1v) is 15.6. The van der Waals surface area contributed by atoms with Crippen LogP contribution in [0.3, 0.4) is 0 Å². The minimum atomic E-state index is -3.52. The van der Waals surface area contributed by atoms with Crippen LogP contribution in [0.25, 0.3) is 33.2 Å². The summed E-state index contributed by atoms with van der Waals surface area (Å²) in [6, 6.07) is 9.65. The Labute approximate surface area is 265 Å². The maximum atomic E-state index is 12.9. The first kappa shape index (κ1) is 34.4. The fourth-order valence-electron chi connectivity index (χ4n) is 4.58. The molecule has 16 nitrogen and oxygen atoms in total. The molecule has 0 unspecified atom stereocenters. The predicted molar refractivity (Wildman–Crippen MR) is 176 cm³/mol. The second-order valence-electron chi connectivity index (χ2n) is 11.3. The third-order valence-electron chi connectivity index (χ3n) is 6.69. The Balaban J connectivity index is 0.000000385. The summed E-state index contributed by atoms with van der Waals surface area (Å²) in [6.45, 7) is 5.92. The molecular weight excluding hydrogens is 637 g/mol. The van der Waals surface area contributed by atoms with Crippen LogP contribution in [-0.4, -0.2) is 58.9 Å². The molecule has 0 aliphatic heterocycles. The molecule has 246 valence electrons. The van der Waals surface area contributed by atoms with Crippen LogP contribution in [0.15, 0.2) is 77.2 Å². The third kappa shape index (κ3) is 8.04. The molecule has 0 saturated heterocycles. The lowest BCUT2D eigenvalue weighted by molar-refractivity contribution is 0.397. The largest absolute Gasteiger partial charge is 0.496 e. The highest BCUT2D eigenvalue weighted by Crippen LogP contribution is 2.42. The highest BCUT2D eigenvalue weighted by molar-refractivity contribution is 7.92. The molecule has 0 atom stereocenters. The van der Waals surface area contributed by atoms with Crippen molar-refractivity contribution in [1.29, 1.82) is 0 Å². The van der Waals surface area contributed by atoms with Gasteiger partial charge in [-0.05, 0) is 46.7 Å². The molecule has 5 rings (SSSR count). The lowest BCUT2D eigenvalue weighted by Gasteiger charge is -2.25. The van der Waals surface area contributed by atoms with E-state index >= 15 is 0 Å². The van der Waals surface area contributed by atoms with Gasteiger partial charge in [-0.2, -0.15) is 0 Å². The highest BCUT2D eigenvalue weighted by atomic mass is 32.2. The molecule has 0 spiro atoms. The first-order chi connectivity index (χ1) is 21.9. The number of hydrogen-bond donors (Lipinski definition) is 7. The minimum Gasteiger partial charge on any atom is -0.496 e. The van der Waals surface area contributed by atoms with Crippen molar-refractivity contribution in [1.82, 2.24) is 19.9 Å². The maximum Gasteiger partial charge on any atom is 0.495 e. The zero-order valence-electron chi connectivity index (χ0n) is 25.7. The van der Waals surface area contributed by atoms with Gasteiger partial charge in [0.2, 0.25) is 10.0 Å². The molecule has 0 amide bonds. The maximum absolute atomic E-state index is 12.9. The summed E-state index contributed by atoms with van der Waals surface area (Å²) in [5.41, 5.74) is -1.93. The number of methoxy groups -OCH3 is 1. The van der Waals surface area contributed by atoms with E-state index in [1.807, 2.05) is 25.8 Å². The van der Waals surface area contributed by atoms with E-state index in [1.165, 1.54) is 19.4 Å². The van der Waals surface area contributed by atoms with Gasteiger partial charge >= 0.3 is 24.1 Å². The molecule has 5 aromatic rings. The van der Waals surface area contributed by atoms with E-state index in [-0.39, 0.29) is 27.9 Å². The van der Waals surface area contributed by atoms with Gasteiger partial charge in [0, 0.05) is 23.6 Å². The van der Waals surface area contributed by atoms with Gasteiger partial charge in [0.25, 0.3) is 11.1 Å². The molecule has 0 radical (unpaired) electrons. The SMILES string of the molecule is COc1c(-c2cc3ccc(NS(C)(=O)=O)cc3c(=O)o2)cc(-c2c[nH]c(=O)[nH]c2=O)cc1C(C)(C)C.O=c1[nH]cc(B(O)O)c(=O)[nH]1. The smallest absolute Gasteiger partial charge is 0.495 e. The number of fused-ring (bicyclic) bond motifs is 1. The fraction of sp³-hybridized carbons (Fsp3) is 0.207. The molecule has 0 aliphatic rings. The van der Waals surface area contributed by atoms with Crippen molar-refractivity contribution < 1.29 is 27.6 Å². The van der Waals surface area contributed by atoms with Crippen LogP contribution in [0.4, 0.5) is 5.69 Å². The minimum absolute atomic E-state index is 0.190. The average molecular weight is 667 g/mol. The predicted octanol–water partition coefficient (Wildman–Crippen LogP) is -0.0758. The summed E-state index contributed by atoms with van der Waals surface area (Å²) in [6.07, 6.45) is 3.29. The van der Waals surface area contributed by atoms with Crippen LogP contribution < -0.4 is 43.0 Å². The number of hydrogen-bond acceptors (Lipinski definition) is 11. The van der Waals surface area contributed by atoms with Gasteiger partial charge in [-0.3, -0.25) is 24.3 Å². The number of H-pyrrole nitrogens is 4. The van der Waals surface area contributed by atoms with Crippen LogP contribution in [0.5, 0.6) is 5.75 Å². The van der Waals surface area contributed by atoms with E-state index in [0.717, 1.165) is 18.0 Å². The van der Waals surface area contributed by atoms with Gasteiger partial charge in [-0.25, -0.2) is 22.8 Å². The van der Waals surface area contributed by atoms with Crippen molar-refractivity contribution in [2.45, 2.75) is 26.2 Å². The second kappa shape index (κ2) is 13.1. The monoisotopic (exact) mass is 667 g/mol. The van der Waals surface area contributed by atoms with Crippen LogP contribution >= 0.6 is 0 Å². The topological polar surface area (TPSA) is 258 Å². The zero-order chi connectivity index (χ0) is 34.8. The number of anilines is 1. The van der Waals surface area contributed by atoms with Gasteiger partial charge < -0.3 is 29.2 Å². The van der Waals surface area contributed by atoms with Gasteiger partial charge in [0.1, 0.15) is 11.5 Å². The van der Waals surface area contributed by atoms with Crippen molar-refractivity contribution in [3.8, 4) is 28.2 Å². The zero-order valence-corrected chi connectivity index (χ0v) is 26.5. The highest BCUT2D eigenvalue weighted by Gasteiger charge is 2.25.